The standard InChI is InChI=1S/C21H20O5.C20H18O5.C19H16O6.Na/c1-2-3-12-25-20(23)15-10-8-14(9-11-15)13-17-19(22)16-6-4-5-7-18(16)26-21(17)24;1-12(2)24-19(22)14-9-7-13(8-10-14)11-16-18(21)15-5-3-4-6-17(15)25-20(16)23;20-9-10-24-18(22)13-7-5-12(6-8-13)11-15-17(21)14-3-1-2-4-16(14)25-19(15)23;/h4-11,22H,2-3,12-13H2,1H3;3-10,12,21H,11H2,1-2H3;1-8,20-21H,9-11H2;/q;;;+1/p-1. The summed E-state index contributed by atoms with van der Waals surface area (Å²) < 4.78 is 30.9. The molecule has 6 aromatic carbocycles. The summed E-state index contributed by atoms with van der Waals surface area (Å²) in [5.41, 5.74) is 3.08. The van der Waals surface area contributed by atoms with Crippen LogP contribution in [0.1, 0.15) is 98.1 Å². The van der Waals surface area contributed by atoms with E-state index < -0.39 is 28.8 Å². The molecular weight excluding hydrogens is 1000 g/mol. The molecule has 3 heterocycles. The van der Waals surface area contributed by atoms with Gasteiger partial charge in [-0.15, -0.1) is 0 Å². The van der Waals surface area contributed by atoms with Crippen molar-refractivity contribution >= 4 is 50.8 Å². The minimum Gasteiger partial charge on any atom is -0.872 e. The second-order valence-electron chi connectivity index (χ2n) is 17.5. The van der Waals surface area contributed by atoms with Gasteiger partial charge in [0.2, 0.25) is 0 Å². The van der Waals surface area contributed by atoms with Crippen LogP contribution in [0.15, 0.2) is 173 Å². The maximum Gasteiger partial charge on any atom is 1.00 e. The number of rotatable bonds is 15. The number of carbonyl (C=O) groups excluding carboxylic acids is 3. The van der Waals surface area contributed by atoms with Crippen LogP contribution in [0.2, 0.25) is 0 Å². The van der Waals surface area contributed by atoms with Gasteiger partial charge in [0.1, 0.15) is 34.9 Å². The number of para-hydroxylation sites is 3. The third kappa shape index (κ3) is 15.0. The molecule has 0 radical (unpaired) electrons. The first-order chi connectivity index (χ1) is 36.6. The molecule has 0 saturated heterocycles. The van der Waals surface area contributed by atoms with E-state index in [1.165, 1.54) is 0 Å². The van der Waals surface area contributed by atoms with Gasteiger partial charge in [0.05, 0.1) is 57.9 Å². The average Bonchev–Trinajstić information content (AvgIpc) is 3.43. The maximum absolute atomic E-state index is 12.5. The largest absolute Gasteiger partial charge is 1.00 e. The van der Waals surface area contributed by atoms with Crippen molar-refractivity contribution in [1.82, 2.24) is 0 Å². The zero-order chi connectivity index (χ0) is 54.3. The van der Waals surface area contributed by atoms with Crippen molar-refractivity contribution in [3.8, 4) is 17.2 Å². The predicted octanol–water partition coefficient (Wildman–Crippen LogP) is 6.31. The van der Waals surface area contributed by atoms with Crippen LogP contribution in [0.25, 0.3) is 32.9 Å². The normalized spacial score (nSPS) is 10.7. The number of carbonyl (C=O) groups is 3. The topological polar surface area (TPSA) is 253 Å². The van der Waals surface area contributed by atoms with Crippen LogP contribution in [0, 0.1) is 0 Å². The number of hydrogen-bond donors (Lipinski definition) is 3. The predicted molar refractivity (Wildman–Crippen MR) is 281 cm³/mol. The Balaban J connectivity index is 0.000000186. The summed E-state index contributed by atoms with van der Waals surface area (Å²) in [4.78, 5) is 71.9. The molecule has 0 amide bonds. The smallest absolute Gasteiger partial charge is 0.872 e. The van der Waals surface area contributed by atoms with Crippen LogP contribution in [-0.4, -0.2) is 59.2 Å². The van der Waals surface area contributed by atoms with E-state index in [2.05, 4.69) is 0 Å². The van der Waals surface area contributed by atoms with Gasteiger partial charge in [-0.25, -0.2) is 28.8 Å². The summed E-state index contributed by atoms with van der Waals surface area (Å²) in [6.45, 7) is 5.69. The van der Waals surface area contributed by atoms with Gasteiger partial charge in [-0.05, 0) is 104 Å². The zero-order valence-electron chi connectivity index (χ0n) is 42.7. The van der Waals surface area contributed by atoms with Crippen LogP contribution in [0.5, 0.6) is 17.2 Å². The van der Waals surface area contributed by atoms with Gasteiger partial charge in [-0.2, -0.15) is 0 Å². The molecule has 390 valence electrons. The molecule has 3 aromatic heterocycles. The van der Waals surface area contributed by atoms with E-state index in [0.29, 0.717) is 56.2 Å². The number of aromatic hydroxyl groups is 2. The van der Waals surface area contributed by atoms with Gasteiger partial charge < -0.3 is 47.9 Å². The quantitative estimate of drug-likeness (QED) is 0.0334. The van der Waals surface area contributed by atoms with Crippen molar-refractivity contribution in [2.24, 2.45) is 0 Å². The van der Waals surface area contributed by atoms with Gasteiger partial charge in [-0.1, -0.05) is 98.0 Å². The SMILES string of the molecule is CC(C)OC(=O)c1ccc(Cc2c(O)c3ccccc3oc2=O)cc1.CCCCOC(=O)c1ccc(Cc2c(O)c3ccccc3oc2=O)cc1.O=C(OCCO)c1ccc(Cc2c([O-])c3ccccc3oc2=O)cc1.[Na+]. The Morgan fingerprint density at radius 3 is 1.26 bits per heavy atom. The second-order valence-corrected chi connectivity index (χ2v) is 17.5. The fourth-order valence-corrected chi connectivity index (χ4v) is 7.75. The Kier molecular flexibility index (Phi) is 20.7. The van der Waals surface area contributed by atoms with Crippen LogP contribution in [0.3, 0.4) is 0 Å². The molecule has 16 nitrogen and oxygen atoms in total. The number of aliphatic hydroxyl groups is 1. The van der Waals surface area contributed by atoms with Crippen molar-refractivity contribution in [3.05, 3.63) is 227 Å². The number of aliphatic hydroxyl groups excluding tert-OH is 1. The van der Waals surface area contributed by atoms with Crippen LogP contribution in [0.4, 0.5) is 0 Å². The van der Waals surface area contributed by atoms with Crippen LogP contribution in [-0.2, 0) is 33.5 Å². The molecule has 0 saturated carbocycles. The van der Waals surface area contributed by atoms with Gasteiger partial charge in [-0.3, -0.25) is 0 Å². The number of benzene rings is 6. The monoisotopic (exact) mass is 1050 g/mol. The summed E-state index contributed by atoms with van der Waals surface area (Å²) in [5.74, 6) is -1.80. The fraction of sp³-hybridized carbons (Fsp3) is 0.200. The Hall–Kier alpha value is -8.28. The number of fused-ring (bicyclic) bond motifs is 3. The summed E-state index contributed by atoms with van der Waals surface area (Å²) >= 11 is 0. The molecule has 9 rings (SSSR count). The first kappa shape index (κ1) is 58.0. The summed E-state index contributed by atoms with van der Waals surface area (Å²) in [7, 11) is 0. The second kappa shape index (κ2) is 27.5. The third-order valence-corrected chi connectivity index (χ3v) is 11.7. The van der Waals surface area contributed by atoms with Crippen LogP contribution < -0.4 is 51.5 Å². The minimum atomic E-state index is -0.657. The Morgan fingerprint density at radius 1 is 0.506 bits per heavy atom. The van der Waals surface area contributed by atoms with E-state index >= 15 is 0 Å². The molecule has 0 aliphatic heterocycles. The molecule has 0 aliphatic rings. The molecule has 0 atom stereocenters. The molecule has 17 heteroatoms. The number of hydrogen-bond acceptors (Lipinski definition) is 16. The van der Waals surface area contributed by atoms with E-state index in [0.717, 1.165) is 24.0 Å². The molecule has 0 unspecified atom stereocenters. The number of ether oxygens (including phenoxy) is 3. The van der Waals surface area contributed by atoms with Crippen molar-refractivity contribution in [1.29, 1.82) is 0 Å². The van der Waals surface area contributed by atoms with E-state index in [1.807, 2.05) is 6.92 Å². The fourth-order valence-electron chi connectivity index (χ4n) is 7.75. The van der Waals surface area contributed by atoms with E-state index in [-0.39, 0.29) is 114 Å². The van der Waals surface area contributed by atoms with Gasteiger partial charge in [0.25, 0.3) is 0 Å². The third-order valence-electron chi connectivity index (χ3n) is 11.7. The van der Waals surface area contributed by atoms with Crippen molar-refractivity contribution < 1.29 is 91.8 Å². The molecule has 0 bridgehead atoms. The summed E-state index contributed by atoms with van der Waals surface area (Å²) in [5, 5.41) is 43.3. The summed E-state index contributed by atoms with van der Waals surface area (Å²) in [6, 6.07) is 40.2. The first-order valence-corrected chi connectivity index (χ1v) is 24.3. The molecule has 0 spiro atoms. The Labute approximate surface area is 463 Å². The van der Waals surface area contributed by atoms with Gasteiger partial charge in [0.15, 0.2) is 0 Å². The van der Waals surface area contributed by atoms with Gasteiger partial charge in [0, 0.05) is 30.2 Å². The Bertz CT molecular complexity index is 3670. The maximum atomic E-state index is 12.5. The molecule has 77 heavy (non-hydrogen) atoms. The van der Waals surface area contributed by atoms with E-state index in [4.69, 9.17) is 32.6 Å². The van der Waals surface area contributed by atoms with Crippen molar-refractivity contribution in [2.75, 3.05) is 19.8 Å². The number of unbranched alkanes of at least 4 members (excludes halogenated alkanes) is 1. The van der Waals surface area contributed by atoms with Gasteiger partial charge >= 0.3 is 64.3 Å². The zero-order valence-corrected chi connectivity index (χ0v) is 44.7. The van der Waals surface area contributed by atoms with Crippen LogP contribution >= 0.6 is 0 Å². The molecule has 0 aliphatic carbocycles. The molecule has 0 fully saturated rings. The molecular formula is C60H53NaO16. The summed E-state index contributed by atoms with van der Waals surface area (Å²) in [6.07, 6.45) is 2.14. The number of esters is 3. The Morgan fingerprint density at radius 2 is 0.857 bits per heavy atom. The van der Waals surface area contributed by atoms with E-state index in [9.17, 15) is 44.1 Å². The van der Waals surface area contributed by atoms with E-state index in [1.54, 1.807) is 159 Å². The van der Waals surface area contributed by atoms with Crippen molar-refractivity contribution in [3.63, 3.8) is 0 Å². The average molecular weight is 1050 g/mol. The first-order valence-electron chi connectivity index (χ1n) is 24.3. The minimum absolute atomic E-state index is 0. The molecule has 9 aromatic rings. The van der Waals surface area contributed by atoms with Crippen molar-refractivity contribution in [2.45, 2.75) is 59.0 Å². The molecule has 3 N–H and O–H groups in total.